The number of cyclic esters (lactones) is 1. The van der Waals surface area contributed by atoms with Gasteiger partial charge in [-0.25, -0.2) is 4.79 Å². The van der Waals surface area contributed by atoms with Crippen molar-refractivity contribution in [3.05, 3.63) is 64.4 Å². The first-order chi connectivity index (χ1) is 15.5. The van der Waals surface area contributed by atoms with Crippen LogP contribution < -0.4 is 5.48 Å². The third-order valence-electron chi connectivity index (χ3n) is 4.80. The Kier molecular flexibility index (Phi) is 8.35. The van der Waals surface area contributed by atoms with Crippen molar-refractivity contribution in [2.45, 2.75) is 19.3 Å². The van der Waals surface area contributed by atoms with Crippen LogP contribution >= 0.6 is 11.6 Å². The van der Waals surface area contributed by atoms with E-state index in [1.54, 1.807) is 11.0 Å². The van der Waals surface area contributed by atoms with Crippen molar-refractivity contribution in [2.75, 3.05) is 26.3 Å². The maximum atomic E-state index is 12.6. The number of phenols is 2. The molecule has 2 aliphatic rings. The molecule has 0 saturated heterocycles. The maximum absolute atomic E-state index is 12.6. The van der Waals surface area contributed by atoms with Crippen LogP contribution in [0, 0.1) is 0 Å². The van der Waals surface area contributed by atoms with Gasteiger partial charge in [-0.3, -0.25) is 15.1 Å². The number of fused-ring (bicyclic) bond motifs is 1. The molecule has 0 atom stereocenters. The summed E-state index contributed by atoms with van der Waals surface area (Å²) in [6.45, 7) is 1.02. The Hall–Kier alpha value is -3.23. The van der Waals surface area contributed by atoms with Gasteiger partial charge in [-0.05, 0) is 31.4 Å². The molecule has 1 amide bonds. The zero-order valence-corrected chi connectivity index (χ0v) is 18.2. The van der Waals surface area contributed by atoms with Gasteiger partial charge in [0.15, 0.2) is 6.61 Å². The van der Waals surface area contributed by atoms with E-state index in [1.807, 2.05) is 30.4 Å². The minimum Gasteiger partial charge on any atom is -0.507 e. The summed E-state index contributed by atoms with van der Waals surface area (Å²) in [6, 6.07) is 0.988. The molecule has 0 spiro atoms. The molecule has 1 aromatic carbocycles. The van der Waals surface area contributed by atoms with Crippen molar-refractivity contribution in [1.82, 2.24) is 10.4 Å². The lowest BCUT2D eigenvalue weighted by atomic mass is 10.0. The van der Waals surface area contributed by atoms with Gasteiger partial charge in [0.25, 0.3) is 5.91 Å². The number of halogens is 1. The first-order valence-corrected chi connectivity index (χ1v) is 10.6. The molecule has 0 aromatic heterocycles. The number of ether oxygens (including phenoxy) is 1. The van der Waals surface area contributed by atoms with E-state index in [2.05, 4.69) is 5.48 Å². The molecule has 0 aliphatic carbocycles. The Morgan fingerprint density at radius 3 is 2.59 bits per heavy atom. The van der Waals surface area contributed by atoms with E-state index in [4.69, 9.17) is 21.2 Å². The van der Waals surface area contributed by atoms with Crippen LogP contribution in [0.1, 0.15) is 35.2 Å². The lowest BCUT2D eigenvalue weighted by Gasteiger charge is -2.16. The van der Waals surface area contributed by atoms with Gasteiger partial charge >= 0.3 is 5.97 Å². The zero-order chi connectivity index (χ0) is 22.9. The summed E-state index contributed by atoms with van der Waals surface area (Å²) in [6.07, 6.45) is 14.8. The largest absolute Gasteiger partial charge is 0.507 e. The van der Waals surface area contributed by atoms with Crippen LogP contribution in [0.5, 0.6) is 11.5 Å². The average Bonchev–Trinajstić information content (AvgIpc) is 3.30. The SMILES string of the molecule is O=C1OCCC=CCCC=C/C(NOCC(=O)N2CC=CC2)=C/c2c(Cl)c(O)cc(O)c21. The van der Waals surface area contributed by atoms with Crippen molar-refractivity contribution in [3.8, 4) is 11.5 Å². The number of amides is 1. The molecule has 2 heterocycles. The summed E-state index contributed by atoms with van der Waals surface area (Å²) in [7, 11) is 0. The highest BCUT2D eigenvalue weighted by atomic mass is 35.5. The van der Waals surface area contributed by atoms with Crippen LogP contribution in [0.15, 0.2) is 48.2 Å². The smallest absolute Gasteiger partial charge is 0.342 e. The Labute approximate surface area is 191 Å². The number of phenolic OH excluding ortho intramolecular Hbond substituents is 2. The summed E-state index contributed by atoms with van der Waals surface area (Å²) in [5.41, 5.74) is 2.94. The number of nitrogens with zero attached hydrogens (tertiary/aromatic N) is 1. The number of rotatable bonds is 4. The standard InChI is InChI=1S/C23H25ClN2O6/c24-22-17-13-16(25-32-15-20(29)26-10-6-7-11-26)9-5-3-1-2-4-8-12-31-23(30)21(17)18(27)14-19(22)28/h2,4-7,9,13-14,25,27-28H,1,3,8,10-12,15H2/b4-2?,9-5?,16-13-. The second-order valence-electron chi connectivity index (χ2n) is 7.15. The quantitative estimate of drug-likeness (QED) is 0.358. The fraction of sp³-hybridized carbons (Fsp3) is 0.304. The van der Waals surface area contributed by atoms with Gasteiger partial charge in [-0.15, -0.1) is 0 Å². The summed E-state index contributed by atoms with van der Waals surface area (Å²) in [5, 5.41) is 20.2. The molecule has 0 radical (unpaired) electrons. The number of hydroxylamine groups is 1. The van der Waals surface area contributed by atoms with Crippen molar-refractivity contribution in [1.29, 1.82) is 0 Å². The average molecular weight is 461 g/mol. The molecule has 1 aromatic rings. The minimum absolute atomic E-state index is 0.0626. The van der Waals surface area contributed by atoms with E-state index in [9.17, 15) is 19.8 Å². The predicted octanol–water partition coefficient (Wildman–Crippen LogP) is 3.46. The zero-order valence-electron chi connectivity index (χ0n) is 17.4. The number of hydrogen-bond donors (Lipinski definition) is 3. The molecular weight excluding hydrogens is 436 g/mol. The Balaban J connectivity index is 1.88. The highest BCUT2D eigenvalue weighted by Gasteiger charge is 2.23. The number of nitrogens with one attached hydrogen (secondary N) is 1. The molecule has 0 fully saturated rings. The van der Waals surface area contributed by atoms with Gasteiger partial charge in [0.1, 0.15) is 17.1 Å². The molecule has 9 heteroatoms. The normalized spacial score (nSPS) is 18.5. The molecule has 0 saturated carbocycles. The van der Waals surface area contributed by atoms with Gasteiger partial charge < -0.3 is 19.8 Å². The first kappa shape index (κ1) is 23.4. The number of aromatic hydroxyl groups is 2. The first-order valence-electron chi connectivity index (χ1n) is 10.2. The van der Waals surface area contributed by atoms with Crippen LogP contribution in [0.3, 0.4) is 0 Å². The Morgan fingerprint density at radius 2 is 1.81 bits per heavy atom. The van der Waals surface area contributed by atoms with Crippen molar-refractivity contribution in [2.24, 2.45) is 0 Å². The fourth-order valence-corrected chi connectivity index (χ4v) is 3.36. The van der Waals surface area contributed by atoms with Crippen LogP contribution in [0.4, 0.5) is 0 Å². The molecule has 8 nitrogen and oxygen atoms in total. The van der Waals surface area contributed by atoms with Crippen LogP contribution in [-0.4, -0.2) is 53.3 Å². The highest BCUT2D eigenvalue weighted by Crippen LogP contribution is 2.38. The van der Waals surface area contributed by atoms with E-state index >= 15 is 0 Å². The van der Waals surface area contributed by atoms with E-state index < -0.39 is 17.5 Å². The molecule has 3 rings (SSSR count). The van der Waals surface area contributed by atoms with Crippen molar-refractivity contribution < 1.29 is 29.4 Å². The third kappa shape index (κ3) is 6.15. The Bertz CT molecular complexity index is 975. The molecule has 0 bridgehead atoms. The van der Waals surface area contributed by atoms with E-state index in [0.717, 1.165) is 18.9 Å². The monoisotopic (exact) mass is 460 g/mol. The lowest BCUT2D eigenvalue weighted by molar-refractivity contribution is -0.136. The molecule has 32 heavy (non-hydrogen) atoms. The number of allylic oxidation sites excluding steroid dienone is 3. The predicted molar refractivity (Wildman–Crippen MR) is 120 cm³/mol. The molecular formula is C23H25ClN2O6. The van der Waals surface area contributed by atoms with E-state index in [1.165, 1.54) is 6.08 Å². The van der Waals surface area contributed by atoms with Crippen LogP contribution in [-0.2, 0) is 14.4 Å². The molecule has 3 N–H and O–H groups in total. The summed E-state index contributed by atoms with van der Waals surface area (Å²) < 4.78 is 5.25. The van der Waals surface area contributed by atoms with Crippen LogP contribution in [0.25, 0.3) is 6.08 Å². The topological polar surface area (TPSA) is 108 Å². The minimum atomic E-state index is -0.776. The van der Waals surface area contributed by atoms with E-state index in [-0.39, 0.29) is 35.3 Å². The number of benzene rings is 1. The summed E-state index contributed by atoms with van der Waals surface area (Å²) in [5.74, 6) is -1.82. The van der Waals surface area contributed by atoms with Gasteiger partial charge in [-0.1, -0.05) is 42.0 Å². The highest BCUT2D eigenvalue weighted by molar-refractivity contribution is 6.34. The van der Waals surface area contributed by atoms with Gasteiger partial charge in [0, 0.05) is 24.7 Å². The number of hydrogen-bond acceptors (Lipinski definition) is 7. The number of carbonyl (C=O) groups excluding carboxylic acids is 2. The number of esters is 1. The van der Waals surface area contributed by atoms with Crippen molar-refractivity contribution >= 4 is 29.6 Å². The van der Waals surface area contributed by atoms with Crippen molar-refractivity contribution in [3.63, 3.8) is 0 Å². The fourth-order valence-electron chi connectivity index (χ4n) is 3.15. The van der Waals surface area contributed by atoms with Gasteiger partial charge in [0.2, 0.25) is 0 Å². The summed E-state index contributed by atoms with van der Waals surface area (Å²) >= 11 is 6.25. The molecule has 170 valence electrons. The Morgan fingerprint density at radius 1 is 1.09 bits per heavy atom. The second kappa shape index (κ2) is 11.4. The molecule has 2 aliphatic heterocycles. The summed E-state index contributed by atoms with van der Waals surface area (Å²) in [4.78, 5) is 31.8. The van der Waals surface area contributed by atoms with Gasteiger partial charge in [0.05, 0.1) is 17.3 Å². The third-order valence-corrected chi connectivity index (χ3v) is 5.20. The van der Waals surface area contributed by atoms with Gasteiger partial charge in [-0.2, -0.15) is 0 Å². The van der Waals surface area contributed by atoms with E-state index in [0.29, 0.717) is 25.2 Å². The second-order valence-corrected chi connectivity index (χ2v) is 7.53. The van der Waals surface area contributed by atoms with Crippen LogP contribution in [0.2, 0.25) is 5.02 Å². The number of carbonyl (C=O) groups is 2. The lowest BCUT2D eigenvalue weighted by Crippen LogP contribution is -2.33. The maximum Gasteiger partial charge on any atom is 0.342 e. The molecule has 0 unspecified atom stereocenters.